The van der Waals surface area contributed by atoms with Crippen molar-refractivity contribution in [3.8, 4) is 0 Å². The normalized spacial score (nSPS) is 27.5. The van der Waals surface area contributed by atoms with Crippen molar-refractivity contribution >= 4 is 5.84 Å². The predicted octanol–water partition coefficient (Wildman–Crippen LogP) is -1.08. The van der Waals surface area contributed by atoms with Crippen molar-refractivity contribution in [3.05, 3.63) is 0 Å². The van der Waals surface area contributed by atoms with Crippen molar-refractivity contribution in [3.63, 3.8) is 0 Å². The van der Waals surface area contributed by atoms with Crippen LogP contribution >= 0.6 is 0 Å². The third kappa shape index (κ3) is 2.43. The molecule has 0 radical (unpaired) electrons. The quantitative estimate of drug-likeness (QED) is 0.400. The molecule has 4 N–H and O–H groups in total. The lowest BCUT2D eigenvalue weighted by Gasteiger charge is -2.42. The molecule has 5 heteroatoms. The minimum atomic E-state index is -0.0687. The summed E-state index contributed by atoms with van der Waals surface area (Å²) >= 11 is 0. The van der Waals surface area contributed by atoms with Gasteiger partial charge in [0.1, 0.15) is 5.84 Å². The smallest absolute Gasteiger partial charge is 0.108 e. The molecule has 2 unspecified atom stereocenters. The molecule has 1 rings (SSSR count). The van der Waals surface area contributed by atoms with E-state index in [-0.39, 0.29) is 24.5 Å². The summed E-state index contributed by atoms with van der Waals surface area (Å²) in [6.45, 7) is 4.71. The van der Waals surface area contributed by atoms with E-state index in [9.17, 15) is 5.11 Å². The third-order valence-electron chi connectivity index (χ3n) is 2.89. The molecular formula is C9H20N4O. The van der Waals surface area contributed by atoms with Crippen LogP contribution < -0.4 is 5.73 Å². The van der Waals surface area contributed by atoms with Crippen LogP contribution in [-0.2, 0) is 0 Å². The molecule has 82 valence electrons. The molecule has 0 aliphatic carbocycles. The van der Waals surface area contributed by atoms with Gasteiger partial charge in [-0.2, -0.15) is 0 Å². The van der Waals surface area contributed by atoms with Gasteiger partial charge in [0.15, 0.2) is 0 Å². The zero-order valence-electron chi connectivity index (χ0n) is 8.90. The summed E-state index contributed by atoms with van der Waals surface area (Å²) in [7, 11) is 2.04. The van der Waals surface area contributed by atoms with Crippen LogP contribution in [0.5, 0.6) is 0 Å². The molecule has 0 aromatic rings. The molecule has 0 aromatic carbocycles. The number of nitrogens with two attached hydrogens (primary N) is 1. The van der Waals surface area contributed by atoms with Gasteiger partial charge >= 0.3 is 0 Å². The maximum absolute atomic E-state index is 9.23. The van der Waals surface area contributed by atoms with E-state index in [0.29, 0.717) is 0 Å². The van der Waals surface area contributed by atoms with Crippen molar-refractivity contribution in [2.45, 2.75) is 19.0 Å². The van der Waals surface area contributed by atoms with Gasteiger partial charge in [-0.05, 0) is 14.0 Å². The molecule has 0 bridgehead atoms. The Bertz CT molecular complexity index is 209. The topological polar surface area (TPSA) is 76.6 Å². The lowest BCUT2D eigenvalue weighted by atomic mass is 10.1. The number of hydrogen-bond donors (Lipinski definition) is 3. The molecule has 1 aliphatic rings. The number of aliphatic hydroxyl groups is 1. The van der Waals surface area contributed by atoms with Gasteiger partial charge < -0.3 is 15.7 Å². The fourth-order valence-electron chi connectivity index (χ4n) is 1.88. The van der Waals surface area contributed by atoms with Crippen LogP contribution in [0.1, 0.15) is 6.92 Å². The van der Waals surface area contributed by atoms with Crippen molar-refractivity contribution in [2.24, 2.45) is 5.73 Å². The van der Waals surface area contributed by atoms with E-state index in [0.717, 1.165) is 19.6 Å². The first-order chi connectivity index (χ1) is 6.56. The van der Waals surface area contributed by atoms with Gasteiger partial charge in [-0.1, -0.05) is 0 Å². The number of nitrogens with zero attached hydrogens (tertiary/aromatic N) is 2. The lowest BCUT2D eigenvalue weighted by molar-refractivity contribution is 0.0418. The van der Waals surface area contributed by atoms with Gasteiger partial charge in [-0.3, -0.25) is 10.3 Å². The number of rotatable bonds is 3. The van der Waals surface area contributed by atoms with E-state index < -0.39 is 0 Å². The van der Waals surface area contributed by atoms with E-state index in [4.69, 9.17) is 11.1 Å². The highest BCUT2D eigenvalue weighted by atomic mass is 16.3. The maximum atomic E-state index is 9.23. The van der Waals surface area contributed by atoms with E-state index >= 15 is 0 Å². The Kier molecular flexibility index (Phi) is 3.86. The first kappa shape index (κ1) is 11.4. The van der Waals surface area contributed by atoms with E-state index in [2.05, 4.69) is 9.80 Å². The number of nitrogens with one attached hydrogen (secondary N) is 1. The Morgan fingerprint density at radius 1 is 1.64 bits per heavy atom. The molecule has 14 heavy (non-hydrogen) atoms. The summed E-state index contributed by atoms with van der Waals surface area (Å²) in [5.74, 6) is 0.174. The SMILES string of the molecule is CC(C(=N)N)N1CCN(C)CC1CO. The summed E-state index contributed by atoms with van der Waals surface area (Å²) in [5.41, 5.74) is 5.46. The second kappa shape index (κ2) is 4.72. The zero-order valence-corrected chi connectivity index (χ0v) is 8.90. The highest BCUT2D eigenvalue weighted by Crippen LogP contribution is 2.11. The molecule has 0 saturated carbocycles. The second-order valence-electron chi connectivity index (χ2n) is 3.97. The Labute approximate surface area is 85.0 Å². The summed E-state index contributed by atoms with van der Waals surface area (Å²) in [6.07, 6.45) is 0. The lowest BCUT2D eigenvalue weighted by Crippen LogP contribution is -2.58. The molecule has 5 nitrogen and oxygen atoms in total. The third-order valence-corrected chi connectivity index (χ3v) is 2.89. The molecule has 0 aromatic heterocycles. The average Bonchev–Trinajstić information content (AvgIpc) is 2.16. The van der Waals surface area contributed by atoms with Gasteiger partial charge in [0.05, 0.1) is 12.6 Å². The number of amidine groups is 1. The number of likely N-dealkylation sites (N-methyl/N-ethyl adjacent to an activating group) is 1. The van der Waals surface area contributed by atoms with Crippen LogP contribution in [0.2, 0.25) is 0 Å². The molecule has 0 amide bonds. The highest BCUT2D eigenvalue weighted by Gasteiger charge is 2.29. The van der Waals surface area contributed by atoms with Crippen molar-refractivity contribution in [1.82, 2.24) is 9.80 Å². The summed E-state index contributed by atoms with van der Waals surface area (Å²) in [6, 6.07) is 0.0356. The second-order valence-corrected chi connectivity index (χ2v) is 3.97. The summed E-state index contributed by atoms with van der Waals surface area (Å²) in [4.78, 5) is 4.28. The van der Waals surface area contributed by atoms with E-state index in [1.807, 2.05) is 14.0 Å². The largest absolute Gasteiger partial charge is 0.395 e. The first-order valence-electron chi connectivity index (χ1n) is 4.95. The van der Waals surface area contributed by atoms with Crippen LogP contribution in [0.25, 0.3) is 0 Å². The standard InChI is InChI=1S/C9H20N4O/c1-7(9(10)11)13-4-3-12(2)5-8(13)6-14/h7-8,14H,3-6H2,1-2H3,(H3,10,11). The minimum Gasteiger partial charge on any atom is -0.395 e. The van der Waals surface area contributed by atoms with Gasteiger partial charge in [0.25, 0.3) is 0 Å². The molecule has 1 heterocycles. The van der Waals surface area contributed by atoms with Crippen molar-refractivity contribution in [1.29, 1.82) is 5.41 Å². The molecule has 2 atom stereocenters. The van der Waals surface area contributed by atoms with Gasteiger partial charge in [-0.15, -0.1) is 0 Å². The molecule has 1 saturated heterocycles. The Morgan fingerprint density at radius 2 is 2.29 bits per heavy atom. The Morgan fingerprint density at radius 3 is 2.79 bits per heavy atom. The minimum absolute atomic E-state index is 0.0687. The number of aliphatic hydroxyl groups excluding tert-OH is 1. The van der Waals surface area contributed by atoms with Crippen molar-refractivity contribution in [2.75, 3.05) is 33.3 Å². The number of piperazine rings is 1. The average molecular weight is 200 g/mol. The summed E-state index contributed by atoms with van der Waals surface area (Å²) in [5, 5.41) is 16.6. The fourth-order valence-corrected chi connectivity index (χ4v) is 1.88. The Hall–Kier alpha value is -0.650. The monoisotopic (exact) mass is 200 g/mol. The molecule has 1 fully saturated rings. The maximum Gasteiger partial charge on any atom is 0.108 e. The van der Waals surface area contributed by atoms with Crippen LogP contribution in [-0.4, -0.2) is 66.1 Å². The molecule has 1 aliphatic heterocycles. The first-order valence-corrected chi connectivity index (χ1v) is 4.95. The molecule has 0 spiro atoms. The van der Waals surface area contributed by atoms with Crippen molar-refractivity contribution < 1.29 is 5.11 Å². The fraction of sp³-hybridized carbons (Fsp3) is 0.889. The predicted molar refractivity (Wildman–Crippen MR) is 56.5 cm³/mol. The number of hydrogen-bond acceptors (Lipinski definition) is 4. The zero-order chi connectivity index (χ0) is 10.7. The summed E-state index contributed by atoms with van der Waals surface area (Å²) < 4.78 is 0. The highest BCUT2D eigenvalue weighted by molar-refractivity contribution is 5.82. The Balaban J connectivity index is 2.62. The van der Waals surface area contributed by atoms with Gasteiger partial charge in [0.2, 0.25) is 0 Å². The van der Waals surface area contributed by atoms with Crippen LogP contribution in [0.15, 0.2) is 0 Å². The van der Waals surface area contributed by atoms with E-state index in [1.54, 1.807) is 0 Å². The van der Waals surface area contributed by atoms with Gasteiger partial charge in [0, 0.05) is 25.7 Å². The van der Waals surface area contributed by atoms with Crippen LogP contribution in [0.3, 0.4) is 0 Å². The van der Waals surface area contributed by atoms with Gasteiger partial charge in [-0.25, -0.2) is 0 Å². The van der Waals surface area contributed by atoms with Crippen LogP contribution in [0, 0.1) is 5.41 Å². The molecular weight excluding hydrogens is 180 g/mol. The van der Waals surface area contributed by atoms with E-state index in [1.165, 1.54) is 0 Å². The van der Waals surface area contributed by atoms with Crippen LogP contribution in [0.4, 0.5) is 0 Å².